The van der Waals surface area contributed by atoms with Gasteiger partial charge in [-0.2, -0.15) is 4.57 Å². The van der Waals surface area contributed by atoms with E-state index in [2.05, 4.69) is 0 Å². The summed E-state index contributed by atoms with van der Waals surface area (Å²) in [6.45, 7) is 0.0922. The van der Waals surface area contributed by atoms with Crippen molar-refractivity contribution in [3.05, 3.63) is 65.7 Å². The van der Waals surface area contributed by atoms with Gasteiger partial charge in [-0.25, -0.2) is 4.39 Å². The molecule has 1 aromatic heterocycles. The second kappa shape index (κ2) is 4.86. The van der Waals surface area contributed by atoms with Crippen molar-refractivity contribution >= 4 is 0 Å². The maximum absolute atomic E-state index is 13.3. The Morgan fingerprint density at radius 2 is 1.88 bits per heavy atom. The fraction of sp³-hybridized carbons (Fsp3) is 0.154. The molecule has 0 amide bonds. The van der Waals surface area contributed by atoms with Crippen LogP contribution in [0.4, 0.5) is 4.39 Å². The summed E-state index contributed by atoms with van der Waals surface area (Å²) in [4.78, 5) is 0. The summed E-state index contributed by atoms with van der Waals surface area (Å²) in [6.07, 6.45) is 3.09. The first-order valence-corrected chi connectivity index (χ1v) is 5.09. The van der Waals surface area contributed by atoms with Crippen LogP contribution in [0.25, 0.3) is 0 Å². The van der Waals surface area contributed by atoms with Crippen LogP contribution >= 0.6 is 0 Å². The molecule has 2 aromatic rings. The monoisotopic (exact) mass is 217 g/mol. The van der Waals surface area contributed by atoms with Crippen molar-refractivity contribution in [3.8, 4) is 0 Å². The number of hydrogen-bond donors (Lipinski definition) is 0. The molecule has 2 rings (SSSR count). The Kier molecular flexibility index (Phi) is 3.27. The molecule has 82 valence electrons. The molecule has 0 fully saturated rings. The molecule has 3 heteroatoms. The van der Waals surface area contributed by atoms with E-state index in [1.165, 1.54) is 12.3 Å². The number of pyridine rings is 1. The molecular weight excluding hydrogens is 205 g/mol. The van der Waals surface area contributed by atoms with E-state index >= 15 is 0 Å². The maximum atomic E-state index is 13.3. The van der Waals surface area contributed by atoms with Crippen molar-refractivity contribution in [2.24, 2.45) is 0 Å². The standard InChI is InChI=1S/C13H12FNO/c14-13-9-15(7-6-12(13)10-16)8-11-4-2-1-3-5-11/h1-7,9H,8,10H2. The Morgan fingerprint density at radius 1 is 1.12 bits per heavy atom. The summed E-state index contributed by atoms with van der Waals surface area (Å²) in [5, 5.41) is 10.6. The van der Waals surface area contributed by atoms with Gasteiger partial charge in [0.1, 0.15) is 0 Å². The highest BCUT2D eigenvalue weighted by Crippen LogP contribution is 2.03. The van der Waals surface area contributed by atoms with Gasteiger partial charge in [-0.05, 0) is 5.56 Å². The number of benzene rings is 1. The Bertz CT molecular complexity index is 471. The highest BCUT2D eigenvalue weighted by atomic mass is 19.1. The van der Waals surface area contributed by atoms with Gasteiger partial charge in [0.2, 0.25) is 6.20 Å². The Hall–Kier alpha value is -1.74. The lowest BCUT2D eigenvalue weighted by atomic mass is 10.2. The minimum Gasteiger partial charge on any atom is -0.851 e. The van der Waals surface area contributed by atoms with Crippen molar-refractivity contribution in [1.29, 1.82) is 0 Å². The Morgan fingerprint density at radius 3 is 2.50 bits per heavy atom. The van der Waals surface area contributed by atoms with Gasteiger partial charge >= 0.3 is 0 Å². The van der Waals surface area contributed by atoms with Gasteiger partial charge < -0.3 is 5.11 Å². The molecule has 0 saturated heterocycles. The largest absolute Gasteiger partial charge is 0.851 e. The predicted molar refractivity (Wildman–Crippen MR) is 55.8 cm³/mol. The predicted octanol–water partition coefficient (Wildman–Crippen LogP) is 1.02. The van der Waals surface area contributed by atoms with Crippen LogP contribution in [0.1, 0.15) is 11.1 Å². The van der Waals surface area contributed by atoms with E-state index in [9.17, 15) is 9.50 Å². The smallest absolute Gasteiger partial charge is 0.205 e. The zero-order valence-corrected chi connectivity index (χ0v) is 8.77. The molecule has 0 spiro atoms. The highest BCUT2D eigenvalue weighted by molar-refractivity contribution is 5.13. The fourth-order valence-electron chi connectivity index (χ4n) is 1.55. The van der Waals surface area contributed by atoms with Crippen LogP contribution in [0.3, 0.4) is 0 Å². The fourth-order valence-corrected chi connectivity index (χ4v) is 1.55. The van der Waals surface area contributed by atoms with Crippen molar-refractivity contribution in [3.63, 3.8) is 0 Å². The molecule has 0 bridgehead atoms. The minimum absolute atomic E-state index is 0.212. The van der Waals surface area contributed by atoms with E-state index in [-0.39, 0.29) is 5.56 Å². The number of hydrogen-bond acceptors (Lipinski definition) is 1. The van der Waals surface area contributed by atoms with Gasteiger partial charge in [0.25, 0.3) is 0 Å². The van der Waals surface area contributed by atoms with Crippen LogP contribution < -0.4 is 9.67 Å². The SMILES string of the molecule is [O-]Cc1cc[n+](Cc2ccccc2)cc1F. The maximum Gasteiger partial charge on any atom is 0.205 e. The molecule has 0 saturated carbocycles. The van der Waals surface area contributed by atoms with Crippen LogP contribution in [-0.4, -0.2) is 0 Å². The number of nitrogens with zero attached hydrogens (tertiary/aromatic N) is 1. The van der Waals surface area contributed by atoms with E-state index in [4.69, 9.17) is 0 Å². The third-order valence-electron chi connectivity index (χ3n) is 2.42. The first-order chi connectivity index (χ1) is 7.79. The quantitative estimate of drug-likeness (QED) is 0.705. The summed E-state index contributed by atoms with van der Waals surface area (Å²) in [7, 11) is 0. The molecule has 0 aliphatic heterocycles. The van der Waals surface area contributed by atoms with Crippen molar-refractivity contribution in [2.45, 2.75) is 13.2 Å². The number of aromatic nitrogens is 1. The summed E-state index contributed by atoms with van der Waals surface area (Å²) in [6, 6.07) is 11.3. The van der Waals surface area contributed by atoms with E-state index < -0.39 is 12.4 Å². The van der Waals surface area contributed by atoms with Crippen LogP contribution in [0.5, 0.6) is 0 Å². The van der Waals surface area contributed by atoms with Gasteiger partial charge in [0, 0.05) is 11.6 Å². The lowest BCUT2D eigenvalue weighted by Gasteiger charge is -2.04. The molecule has 1 heterocycles. The van der Waals surface area contributed by atoms with Crippen molar-refractivity contribution < 1.29 is 14.1 Å². The van der Waals surface area contributed by atoms with Crippen molar-refractivity contribution in [1.82, 2.24) is 0 Å². The van der Waals surface area contributed by atoms with Crippen LogP contribution in [0.2, 0.25) is 0 Å². The van der Waals surface area contributed by atoms with E-state index in [0.717, 1.165) is 5.56 Å². The normalized spacial score (nSPS) is 10.4. The first kappa shape index (κ1) is 10.8. The third-order valence-corrected chi connectivity index (χ3v) is 2.42. The average Bonchev–Trinajstić information content (AvgIpc) is 2.31. The lowest BCUT2D eigenvalue weighted by molar-refractivity contribution is -0.690. The van der Waals surface area contributed by atoms with Crippen LogP contribution in [0.15, 0.2) is 48.8 Å². The minimum atomic E-state index is -0.516. The number of halogens is 1. The molecule has 0 N–H and O–H groups in total. The molecule has 2 nitrogen and oxygen atoms in total. The first-order valence-electron chi connectivity index (χ1n) is 5.09. The van der Waals surface area contributed by atoms with E-state index in [0.29, 0.717) is 6.54 Å². The Labute approximate surface area is 93.6 Å². The zero-order valence-electron chi connectivity index (χ0n) is 8.77. The van der Waals surface area contributed by atoms with Crippen LogP contribution in [0, 0.1) is 5.82 Å². The molecule has 1 aromatic carbocycles. The molecular formula is C13H12FNO. The molecule has 0 radical (unpaired) electrons. The molecule has 0 aliphatic carbocycles. The van der Waals surface area contributed by atoms with Gasteiger partial charge in [-0.15, -0.1) is 6.61 Å². The van der Waals surface area contributed by atoms with Crippen molar-refractivity contribution in [2.75, 3.05) is 0 Å². The Balaban J connectivity index is 2.20. The molecule has 16 heavy (non-hydrogen) atoms. The van der Waals surface area contributed by atoms with Gasteiger partial charge in [0.05, 0.1) is 0 Å². The summed E-state index contributed by atoms with van der Waals surface area (Å²) < 4.78 is 15.1. The van der Waals surface area contributed by atoms with E-state index in [1.54, 1.807) is 10.8 Å². The molecule has 0 atom stereocenters. The summed E-state index contributed by atoms with van der Waals surface area (Å²) >= 11 is 0. The van der Waals surface area contributed by atoms with Gasteiger partial charge in [0.15, 0.2) is 18.6 Å². The molecule has 0 unspecified atom stereocenters. The topological polar surface area (TPSA) is 26.9 Å². The number of rotatable bonds is 3. The highest BCUT2D eigenvalue weighted by Gasteiger charge is 2.06. The second-order valence-corrected chi connectivity index (χ2v) is 3.62. The van der Waals surface area contributed by atoms with Crippen LogP contribution in [-0.2, 0) is 13.2 Å². The second-order valence-electron chi connectivity index (χ2n) is 3.62. The average molecular weight is 217 g/mol. The summed E-state index contributed by atoms with van der Waals surface area (Å²) in [5.41, 5.74) is 1.31. The van der Waals surface area contributed by atoms with Gasteiger partial charge in [-0.3, -0.25) is 0 Å². The zero-order chi connectivity index (χ0) is 11.4. The summed E-state index contributed by atoms with van der Waals surface area (Å²) in [5.74, 6) is -0.437. The molecule has 0 aliphatic rings. The third kappa shape index (κ3) is 2.44. The van der Waals surface area contributed by atoms with E-state index in [1.807, 2.05) is 30.3 Å². The van der Waals surface area contributed by atoms with Gasteiger partial charge in [-0.1, -0.05) is 30.3 Å². The lowest BCUT2D eigenvalue weighted by Crippen LogP contribution is -2.34.